The predicted molar refractivity (Wildman–Crippen MR) is 56.9 cm³/mol. The average Bonchev–Trinajstić information content (AvgIpc) is 2.52. The first kappa shape index (κ1) is 11.0. The van der Waals surface area contributed by atoms with Gasteiger partial charge in [-0.05, 0) is 33.1 Å². The van der Waals surface area contributed by atoms with Gasteiger partial charge in [0.2, 0.25) is 0 Å². The lowest BCUT2D eigenvalue weighted by Gasteiger charge is -2.29. The molecule has 0 aromatic carbocycles. The highest BCUT2D eigenvalue weighted by Gasteiger charge is 2.25. The summed E-state index contributed by atoms with van der Waals surface area (Å²) in [5.41, 5.74) is 0.116. The summed E-state index contributed by atoms with van der Waals surface area (Å²) in [6.45, 7) is 6.72. The Balaban J connectivity index is 2.23. The van der Waals surface area contributed by atoms with Crippen LogP contribution in [0.2, 0.25) is 0 Å². The Morgan fingerprint density at radius 1 is 1.23 bits per heavy atom. The molecular weight excluding hydrogens is 160 g/mol. The fraction of sp³-hybridized carbons (Fsp3) is 1.00. The molecule has 0 saturated heterocycles. The molecule has 0 amide bonds. The van der Waals surface area contributed by atoms with E-state index in [1.807, 2.05) is 0 Å². The second kappa shape index (κ2) is 4.99. The molecular formula is C12H24O. The van der Waals surface area contributed by atoms with Gasteiger partial charge in [-0.3, -0.25) is 0 Å². The molecule has 0 aromatic heterocycles. The highest BCUT2D eigenvalue weighted by Crippen LogP contribution is 2.28. The van der Waals surface area contributed by atoms with Crippen molar-refractivity contribution < 1.29 is 4.74 Å². The van der Waals surface area contributed by atoms with Crippen molar-refractivity contribution in [3.05, 3.63) is 0 Å². The van der Waals surface area contributed by atoms with Crippen LogP contribution in [0.1, 0.15) is 65.7 Å². The second-order valence-electron chi connectivity index (χ2n) is 4.89. The van der Waals surface area contributed by atoms with Gasteiger partial charge in [0.15, 0.2) is 0 Å². The van der Waals surface area contributed by atoms with Gasteiger partial charge in [0.05, 0.1) is 11.7 Å². The van der Waals surface area contributed by atoms with Crippen LogP contribution < -0.4 is 0 Å². The van der Waals surface area contributed by atoms with E-state index in [1.165, 1.54) is 44.9 Å². The average molecular weight is 184 g/mol. The van der Waals surface area contributed by atoms with E-state index in [2.05, 4.69) is 20.8 Å². The summed E-state index contributed by atoms with van der Waals surface area (Å²) in [5.74, 6) is 0. The number of rotatable bonds is 5. The first-order valence-electron chi connectivity index (χ1n) is 5.82. The summed E-state index contributed by atoms with van der Waals surface area (Å²) >= 11 is 0. The number of hydrogen-bond donors (Lipinski definition) is 0. The van der Waals surface area contributed by atoms with Gasteiger partial charge in [0.1, 0.15) is 0 Å². The molecule has 0 aliphatic heterocycles. The number of unbranched alkanes of at least 4 members (excludes halogenated alkanes) is 1. The SMILES string of the molecule is CCCCC(C)(C)OC1CCCC1. The van der Waals surface area contributed by atoms with Crippen molar-refractivity contribution in [2.45, 2.75) is 77.4 Å². The zero-order chi connectivity index (χ0) is 9.73. The molecule has 0 spiro atoms. The fourth-order valence-electron chi connectivity index (χ4n) is 2.12. The van der Waals surface area contributed by atoms with Crippen LogP contribution in [0.4, 0.5) is 0 Å². The second-order valence-corrected chi connectivity index (χ2v) is 4.89. The lowest BCUT2D eigenvalue weighted by atomic mass is 10.0. The smallest absolute Gasteiger partial charge is 0.0630 e. The van der Waals surface area contributed by atoms with Gasteiger partial charge in [-0.2, -0.15) is 0 Å². The van der Waals surface area contributed by atoms with Crippen LogP contribution in [0.5, 0.6) is 0 Å². The van der Waals surface area contributed by atoms with Crippen molar-refractivity contribution in [2.75, 3.05) is 0 Å². The van der Waals surface area contributed by atoms with Crippen LogP contribution in [0.15, 0.2) is 0 Å². The highest BCUT2D eigenvalue weighted by molar-refractivity contribution is 4.75. The molecule has 1 aliphatic rings. The summed E-state index contributed by atoms with van der Waals surface area (Å²) < 4.78 is 6.10. The molecule has 1 fully saturated rings. The van der Waals surface area contributed by atoms with E-state index in [1.54, 1.807) is 0 Å². The maximum Gasteiger partial charge on any atom is 0.0630 e. The quantitative estimate of drug-likeness (QED) is 0.629. The van der Waals surface area contributed by atoms with Crippen molar-refractivity contribution in [3.8, 4) is 0 Å². The molecule has 13 heavy (non-hydrogen) atoms. The summed E-state index contributed by atoms with van der Waals surface area (Å²) in [4.78, 5) is 0. The van der Waals surface area contributed by atoms with Gasteiger partial charge in [0, 0.05) is 0 Å². The summed E-state index contributed by atoms with van der Waals surface area (Å²) in [5, 5.41) is 0. The summed E-state index contributed by atoms with van der Waals surface area (Å²) in [6.07, 6.45) is 9.65. The van der Waals surface area contributed by atoms with E-state index < -0.39 is 0 Å². The van der Waals surface area contributed by atoms with Gasteiger partial charge >= 0.3 is 0 Å². The van der Waals surface area contributed by atoms with Gasteiger partial charge in [-0.15, -0.1) is 0 Å². The Labute approximate surface area is 82.9 Å². The van der Waals surface area contributed by atoms with Crippen LogP contribution in [0.3, 0.4) is 0 Å². The van der Waals surface area contributed by atoms with Crippen molar-refractivity contribution in [2.24, 2.45) is 0 Å². The zero-order valence-corrected chi connectivity index (χ0v) is 9.44. The molecule has 0 unspecified atom stereocenters. The third kappa shape index (κ3) is 4.12. The van der Waals surface area contributed by atoms with Gasteiger partial charge in [0.25, 0.3) is 0 Å². The zero-order valence-electron chi connectivity index (χ0n) is 9.44. The molecule has 1 aliphatic carbocycles. The van der Waals surface area contributed by atoms with Crippen molar-refractivity contribution in [1.82, 2.24) is 0 Å². The van der Waals surface area contributed by atoms with E-state index in [4.69, 9.17) is 4.74 Å². The minimum absolute atomic E-state index is 0.116. The Morgan fingerprint density at radius 3 is 2.38 bits per heavy atom. The predicted octanol–water partition coefficient (Wildman–Crippen LogP) is 3.91. The van der Waals surface area contributed by atoms with E-state index in [-0.39, 0.29) is 5.60 Å². The lowest BCUT2D eigenvalue weighted by Crippen LogP contribution is -2.29. The highest BCUT2D eigenvalue weighted by atomic mass is 16.5. The number of ether oxygens (including phenoxy) is 1. The summed E-state index contributed by atoms with van der Waals surface area (Å²) in [6, 6.07) is 0. The third-order valence-electron chi connectivity index (χ3n) is 2.92. The Bertz CT molecular complexity index is 134. The monoisotopic (exact) mass is 184 g/mol. The maximum atomic E-state index is 6.10. The van der Waals surface area contributed by atoms with Crippen LogP contribution >= 0.6 is 0 Å². The number of hydrogen-bond acceptors (Lipinski definition) is 1. The van der Waals surface area contributed by atoms with Crippen LogP contribution in [-0.4, -0.2) is 11.7 Å². The van der Waals surface area contributed by atoms with Gasteiger partial charge in [-0.25, -0.2) is 0 Å². The maximum absolute atomic E-state index is 6.10. The minimum Gasteiger partial charge on any atom is -0.372 e. The molecule has 0 N–H and O–H groups in total. The molecule has 78 valence electrons. The van der Waals surface area contributed by atoms with Crippen molar-refractivity contribution >= 4 is 0 Å². The minimum atomic E-state index is 0.116. The van der Waals surface area contributed by atoms with Gasteiger partial charge < -0.3 is 4.74 Å². The van der Waals surface area contributed by atoms with Crippen LogP contribution in [0.25, 0.3) is 0 Å². The van der Waals surface area contributed by atoms with E-state index in [9.17, 15) is 0 Å². The van der Waals surface area contributed by atoms with Gasteiger partial charge in [-0.1, -0.05) is 32.6 Å². The Kier molecular flexibility index (Phi) is 4.24. The molecule has 1 rings (SSSR count). The third-order valence-corrected chi connectivity index (χ3v) is 2.92. The Hall–Kier alpha value is -0.0400. The molecule has 1 saturated carbocycles. The van der Waals surface area contributed by atoms with E-state index in [0.717, 1.165) is 0 Å². The molecule has 0 heterocycles. The first-order chi connectivity index (χ1) is 6.14. The fourth-order valence-corrected chi connectivity index (χ4v) is 2.12. The van der Waals surface area contributed by atoms with E-state index >= 15 is 0 Å². The van der Waals surface area contributed by atoms with E-state index in [0.29, 0.717) is 6.10 Å². The normalized spacial score (nSPS) is 19.6. The topological polar surface area (TPSA) is 9.23 Å². The molecule has 1 nitrogen and oxygen atoms in total. The standard InChI is InChI=1S/C12H24O/c1-4-5-10-12(2,3)13-11-8-6-7-9-11/h11H,4-10H2,1-3H3. The molecule has 1 heteroatoms. The first-order valence-corrected chi connectivity index (χ1v) is 5.82. The molecule has 0 aromatic rings. The molecule has 0 atom stereocenters. The molecule has 0 radical (unpaired) electrons. The largest absolute Gasteiger partial charge is 0.372 e. The van der Waals surface area contributed by atoms with Crippen molar-refractivity contribution in [1.29, 1.82) is 0 Å². The lowest BCUT2D eigenvalue weighted by molar-refractivity contribution is -0.0734. The summed E-state index contributed by atoms with van der Waals surface area (Å²) in [7, 11) is 0. The van der Waals surface area contributed by atoms with Crippen molar-refractivity contribution in [3.63, 3.8) is 0 Å². The molecule has 0 bridgehead atoms. The Morgan fingerprint density at radius 2 is 1.85 bits per heavy atom. The van der Waals surface area contributed by atoms with Crippen LogP contribution in [-0.2, 0) is 4.74 Å². The van der Waals surface area contributed by atoms with Crippen LogP contribution in [0, 0.1) is 0 Å².